The average Bonchev–Trinajstić information content (AvgIpc) is 2.69. The SMILES string of the molecule is CC(C)C1CCCCC2CC(=S)N(C(C)C)C2CCCC1. The molecule has 2 rings (SSSR count). The predicted octanol–water partition coefficient (Wildman–Crippen LogP) is 5.82. The van der Waals surface area contributed by atoms with E-state index < -0.39 is 0 Å². The first kappa shape index (κ1) is 17.2. The maximum absolute atomic E-state index is 5.69. The van der Waals surface area contributed by atoms with E-state index in [4.69, 9.17) is 12.2 Å². The molecule has 0 spiro atoms. The van der Waals surface area contributed by atoms with Crippen molar-refractivity contribution in [3.05, 3.63) is 0 Å². The predicted molar refractivity (Wildman–Crippen MR) is 96.7 cm³/mol. The van der Waals surface area contributed by atoms with Gasteiger partial charge in [0, 0.05) is 18.5 Å². The molecule has 0 aromatic heterocycles. The molecule has 2 aliphatic rings. The fourth-order valence-electron chi connectivity index (χ4n) is 4.60. The minimum absolute atomic E-state index is 0.584. The molecule has 0 radical (unpaired) electrons. The van der Waals surface area contributed by atoms with E-state index in [0.29, 0.717) is 6.04 Å². The lowest BCUT2D eigenvalue weighted by atomic mass is 9.86. The van der Waals surface area contributed by atoms with Crippen molar-refractivity contribution in [1.82, 2.24) is 4.90 Å². The van der Waals surface area contributed by atoms with Crippen LogP contribution in [0.2, 0.25) is 0 Å². The Bertz CT molecular complexity index is 336. The van der Waals surface area contributed by atoms with Crippen LogP contribution < -0.4 is 0 Å². The van der Waals surface area contributed by atoms with Crippen molar-refractivity contribution in [2.75, 3.05) is 0 Å². The molecule has 1 saturated carbocycles. The van der Waals surface area contributed by atoms with Crippen LogP contribution in [0, 0.1) is 17.8 Å². The standard InChI is InChI=1S/C19H35NS/c1-14(2)16-9-5-6-11-17-13-19(21)20(15(3)4)18(17)12-8-7-10-16/h14-18H,5-13H2,1-4H3. The van der Waals surface area contributed by atoms with Crippen LogP contribution in [0.4, 0.5) is 0 Å². The van der Waals surface area contributed by atoms with Crippen LogP contribution in [0.1, 0.15) is 85.5 Å². The lowest BCUT2D eigenvalue weighted by Crippen LogP contribution is -2.39. The zero-order valence-corrected chi connectivity index (χ0v) is 15.4. The highest BCUT2D eigenvalue weighted by Crippen LogP contribution is 2.37. The number of rotatable bonds is 2. The van der Waals surface area contributed by atoms with Gasteiger partial charge >= 0.3 is 0 Å². The van der Waals surface area contributed by atoms with E-state index in [2.05, 4.69) is 32.6 Å². The van der Waals surface area contributed by atoms with Crippen LogP contribution in [0.5, 0.6) is 0 Å². The molecule has 1 aliphatic heterocycles. The minimum atomic E-state index is 0.584. The average molecular weight is 310 g/mol. The second kappa shape index (κ2) is 7.94. The summed E-state index contributed by atoms with van der Waals surface area (Å²) in [5, 5.41) is 0. The van der Waals surface area contributed by atoms with E-state index in [1.165, 1.54) is 62.8 Å². The normalized spacial score (nSPS) is 32.4. The molecule has 122 valence electrons. The van der Waals surface area contributed by atoms with E-state index in [0.717, 1.165) is 23.8 Å². The van der Waals surface area contributed by atoms with Crippen molar-refractivity contribution in [2.24, 2.45) is 17.8 Å². The number of fused-ring (bicyclic) bond motifs is 1. The second-order valence-electron chi connectivity index (χ2n) is 8.00. The third kappa shape index (κ3) is 4.43. The van der Waals surface area contributed by atoms with Crippen LogP contribution in [0.15, 0.2) is 0 Å². The molecule has 3 atom stereocenters. The number of likely N-dealkylation sites (tertiary alicyclic amines) is 1. The number of nitrogens with zero attached hydrogens (tertiary/aromatic N) is 1. The smallest absolute Gasteiger partial charge is 0.0787 e. The van der Waals surface area contributed by atoms with Crippen molar-refractivity contribution in [2.45, 2.75) is 97.6 Å². The summed E-state index contributed by atoms with van der Waals surface area (Å²) in [6, 6.07) is 1.33. The highest BCUT2D eigenvalue weighted by Gasteiger charge is 2.37. The second-order valence-corrected chi connectivity index (χ2v) is 8.47. The molecule has 0 aromatic rings. The lowest BCUT2D eigenvalue weighted by molar-refractivity contribution is 0.214. The molecule has 1 saturated heterocycles. The quantitative estimate of drug-likeness (QED) is 0.591. The van der Waals surface area contributed by atoms with Gasteiger partial charge in [0.05, 0.1) is 4.99 Å². The Balaban J connectivity index is 2.00. The molecule has 21 heavy (non-hydrogen) atoms. The monoisotopic (exact) mass is 309 g/mol. The molecule has 1 heterocycles. The maximum atomic E-state index is 5.69. The van der Waals surface area contributed by atoms with Gasteiger partial charge in [-0.05, 0) is 44.4 Å². The van der Waals surface area contributed by atoms with Gasteiger partial charge in [-0.3, -0.25) is 0 Å². The summed E-state index contributed by atoms with van der Waals surface area (Å²) < 4.78 is 0. The van der Waals surface area contributed by atoms with Gasteiger partial charge in [0.1, 0.15) is 0 Å². The summed E-state index contributed by atoms with van der Waals surface area (Å²) in [4.78, 5) is 3.83. The summed E-state index contributed by atoms with van der Waals surface area (Å²) >= 11 is 5.69. The zero-order chi connectivity index (χ0) is 15.4. The van der Waals surface area contributed by atoms with Gasteiger partial charge in [-0.1, -0.05) is 64.6 Å². The van der Waals surface area contributed by atoms with Crippen LogP contribution in [-0.2, 0) is 0 Å². The number of hydrogen-bond donors (Lipinski definition) is 0. The van der Waals surface area contributed by atoms with Gasteiger partial charge in [-0.2, -0.15) is 0 Å². The van der Waals surface area contributed by atoms with Crippen molar-refractivity contribution >= 4 is 17.2 Å². The van der Waals surface area contributed by atoms with E-state index in [-0.39, 0.29) is 0 Å². The van der Waals surface area contributed by atoms with Crippen molar-refractivity contribution in [3.63, 3.8) is 0 Å². The largest absolute Gasteiger partial charge is 0.360 e. The Labute approximate surface area is 137 Å². The summed E-state index contributed by atoms with van der Waals surface area (Å²) in [6.45, 7) is 9.46. The van der Waals surface area contributed by atoms with Crippen molar-refractivity contribution in [3.8, 4) is 0 Å². The summed E-state index contributed by atoms with van der Waals surface area (Å²) in [6.07, 6.45) is 12.5. The van der Waals surface area contributed by atoms with E-state index in [1.807, 2.05) is 0 Å². The van der Waals surface area contributed by atoms with Crippen LogP contribution >= 0.6 is 12.2 Å². The summed E-state index contributed by atoms with van der Waals surface area (Å²) in [5.41, 5.74) is 0. The van der Waals surface area contributed by atoms with E-state index in [1.54, 1.807) is 0 Å². The minimum Gasteiger partial charge on any atom is -0.360 e. The molecule has 1 nitrogen and oxygen atoms in total. The Morgan fingerprint density at radius 2 is 1.48 bits per heavy atom. The van der Waals surface area contributed by atoms with Gasteiger partial charge in [-0.25, -0.2) is 0 Å². The van der Waals surface area contributed by atoms with Crippen molar-refractivity contribution < 1.29 is 0 Å². The van der Waals surface area contributed by atoms with E-state index in [9.17, 15) is 0 Å². The first-order valence-corrected chi connectivity index (χ1v) is 9.72. The first-order chi connectivity index (χ1) is 10.0. The highest BCUT2D eigenvalue weighted by atomic mass is 32.1. The number of hydrogen-bond acceptors (Lipinski definition) is 1. The van der Waals surface area contributed by atoms with Gasteiger partial charge in [0.2, 0.25) is 0 Å². The molecule has 1 aliphatic carbocycles. The highest BCUT2D eigenvalue weighted by molar-refractivity contribution is 7.80. The van der Waals surface area contributed by atoms with Crippen LogP contribution in [-0.4, -0.2) is 22.0 Å². The van der Waals surface area contributed by atoms with Crippen LogP contribution in [0.25, 0.3) is 0 Å². The Morgan fingerprint density at radius 3 is 2.05 bits per heavy atom. The van der Waals surface area contributed by atoms with Crippen LogP contribution in [0.3, 0.4) is 0 Å². The van der Waals surface area contributed by atoms with Gasteiger partial charge in [0.15, 0.2) is 0 Å². The maximum Gasteiger partial charge on any atom is 0.0787 e. The summed E-state index contributed by atoms with van der Waals surface area (Å²) in [7, 11) is 0. The number of thiocarbonyl (C=S) groups is 1. The molecule has 0 aromatic carbocycles. The van der Waals surface area contributed by atoms with E-state index >= 15 is 0 Å². The molecular weight excluding hydrogens is 274 g/mol. The Kier molecular flexibility index (Phi) is 6.52. The van der Waals surface area contributed by atoms with Gasteiger partial charge in [-0.15, -0.1) is 0 Å². The molecular formula is C19H35NS. The van der Waals surface area contributed by atoms with Gasteiger partial charge < -0.3 is 4.90 Å². The molecule has 0 N–H and O–H groups in total. The Hall–Kier alpha value is -0.110. The topological polar surface area (TPSA) is 3.24 Å². The van der Waals surface area contributed by atoms with Gasteiger partial charge in [0.25, 0.3) is 0 Å². The zero-order valence-electron chi connectivity index (χ0n) is 14.6. The third-order valence-electron chi connectivity index (χ3n) is 5.85. The Morgan fingerprint density at radius 1 is 0.905 bits per heavy atom. The fourth-order valence-corrected chi connectivity index (χ4v) is 5.16. The molecule has 0 amide bonds. The molecule has 3 unspecified atom stereocenters. The molecule has 0 bridgehead atoms. The molecule has 2 fully saturated rings. The lowest BCUT2D eigenvalue weighted by Gasteiger charge is -2.33. The fraction of sp³-hybridized carbons (Fsp3) is 0.947. The first-order valence-electron chi connectivity index (χ1n) is 9.31. The summed E-state index contributed by atoms with van der Waals surface area (Å²) in [5.74, 6) is 2.67. The third-order valence-corrected chi connectivity index (χ3v) is 6.23. The molecule has 2 heteroatoms. The van der Waals surface area contributed by atoms with Crippen molar-refractivity contribution in [1.29, 1.82) is 0 Å².